The predicted octanol–water partition coefficient (Wildman–Crippen LogP) is 2.44. The van der Waals surface area contributed by atoms with E-state index in [9.17, 15) is 4.79 Å². The van der Waals surface area contributed by atoms with Crippen LogP contribution >= 0.6 is 12.4 Å². The van der Waals surface area contributed by atoms with Gasteiger partial charge in [0.2, 0.25) is 0 Å². The second kappa shape index (κ2) is 4.97. The van der Waals surface area contributed by atoms with E-state index in [2.05, 4.69) is 17.2 Å². The third-order valence-electron chi connectivity index (χ3n) is 3.25. The molecule has 1 amide bonds. The molecule has 0 aromatic heterocycles. The van der Waals surface area contributed by atoms with Gasteiger partial charge >= 0.3 is 0 Å². The van der Waals surface area contributed by atoms with Gasteiger partial charge in [0.15, 0.2) is 0 Å². The van der Waals surface area contributed by atoms with Crippen LogP contribution in [-0.4, -0.2) is 17.3 Å². The lowest BCUT2D eigenvalue weighted by Gasteiger charge is -2.21. The maximum atomic E-state index is 11.7. The predicted molar refractivity (Wildman–Crippen MR) is 63.5 cm³/mol. The van der Waals surface area contributed by atoms with E-state index in [0.717, 1.165) is 50.8 Å². The first-order valence-corrected chi connectivity index (χ1v) is 5.67. The van der Waals surface area contributed by atoms with E-state index in [1.165, 1.54) is 0 Å². The fourth-order valence-corrected chi connectivity index (χ4v) is 2.37. The lowest BCUT2D eigenvalue weighted by atomic mass is 9.98. The van der Waals surface area contributed by atoms with Crippen LogP contribution < -0.4 is 5.32 Å². The number of hydrogen-bond acceptors (Lipinski definition) is 2. The first-order valence-electron chi connectivity index (χ1n) is 5.67. The topological polar surface area (TPSA) is 41.5 Å². The van der Waals surface area contributed by atoms with E-state index in [1.807, 2.05) is 0 Å². The molecule has 0 saturated heterocycles. The summed E-state index contributed by atoms with van der Waals surface area (Å²) in [6.45, 7) is 2.16. The first-order chi connectivity index (χ1) is 6.77. The Balaban J connectivity index is 0.00000112. The number of carbonyl (C=O) groups is 1. The van der Waals surface area contributed by atoms with E-state index >= 15 is 0 Å². The molecule has 0 radical (unpaired) electrons. The van der Waals surface area contributed by atoms with Crippen LogP contribution in [0.3, 0.4) is 0 Å². The van der Waals surface area contributed by atoms with Crippen LogP contribution in [0.1, 0.15) is 51.9 Å². The zero-order valence-corrected chi connectivity index (χ0v) is 10.0. The summed E-state index contributed by atoms with van der Waals surface area (Å²) in [6, 6.07) is 0. The fourth-order valence-electron chi connectivity index (χ4n) is 2.37. The van der Waals surface area contributed by atoms with E-state index in [0.29, 0.717) is 0 Å². The quantitative estimate of drug-likeness (QED) is 0.809. The Kier molecular flexibility index (Phi) is 4.14. The molecule has 2 rings (SSSR count). The van der Waals surface area contributed by atoms with Crippen molar-refractivity contribution in [2.24, 2.45) is 4.99 Å². The monoisotopic (exact) mass is 230 g/mol. The van der Waals surface area contributed by atoms with Crippen molar-refractivity contribution in [1.29, 1.82) is 0 Å². The molecule has 3 nitrogen and oxygen atoms in total. The largest absolute Gasteiger partial charge is 0.359 e. The maximum Gasteiger partial charge on any atom is 0.273 e. The van der Waals surface area contributed by atoms with Crippen molar-refractivity contribution < 1.29 is 4.79 Å². The number of amidine groups is 1. The Morgan fingerprint density at radius 3 is 2.67 bits per heavy atom. The van der Waals surface area contributed by atoms with Crippen LogP contribution in [0.25, 0.3) is 0 Å². The average Bonchev–Trinajstić information content (AvgIpc) is 2.74. The van der Waals surface area contributed by atoms with Gasteiger partial charge in [0.1, 0.15) is 11.4 Å². The van der Waals surface area contributed by atoms with Crippen molar-refractivity contribution in [2.45, 2.75) is 57.4 Å². The van der Waals surface area contributed by atoms with Crippen LogP contribution in [0, 0.1) is 0 Å². The number of halogens is 1. The Bertz CT molecular complexity index is 270. The SMILES string of the molecule is CCCCC1=NC(=O)C2(CCCC2)N1.Cl. The highest BCUT2D eigenvalue weighted by Crippen LogP contribution is 2.33. The zero-order valence-electron chi connectivity index (χ0n) is 9.21. The molecule has 1 saturated carbocycles. The number of unbranched alkanes of at least 4 members (excludes halogenated alkanes) is 1. The lowest BCUT2D eigenvalue weighted by molar-refractivity contribution is -0.122. The number of hydrogen-bond donors (Lipinski definition) is 1. The molecule has 1 aliphatic carbocycles. The van der Waals surface area contributed by atoms with Gasteiger partial charge in [-0.1, -0.05) is 26.2 Å². The van der Waals surface area contributed by atoms with Crippen molar-refractivity contribution in [2.75, 3.05) is 0 Å². The Morgan fingerprint density at radius 1 is 1.40 bits per heavy atom. The Morgan fingerprint density at radius 2 is 2.07 bits per heavy atom. The van der Waals surface area contributed by atoms with Gasteiger partial charge in [0, 0.05) is 6.42 Å². The van der Waals surface area contributed by atoms with Crippen LogP contribution in [0.15, 0.2) is 4.99 Å². The van der Waals surface area contributed by atoms with Gasteiger partial charge in [-0.3, -0.25) is 4.79 Å². The highest BCUT2D eigenvalue weighted by molar-refractivity contribution is 6.06. The third-order valence-corrected chi connectivity index (χ3v) is 3.25. The summed E-state index contributed by atoms with van der Waals surface area (Å²) < 4.78 is 0. The van der Waals surface area contributed by atoms with Gasteiger partial charge < -0.3 is 5.32 Å². The number of amides is 1. The Hall–Kier alpha value is -0.570. The molecule has 86 valence electrons. The van der Waals surface area contributed by atoms with Crippen LogP contribution in [0.5, 0.6) is 0 Å². The molecule has 0 unspecified atom stereocenters. The molecule has 0 aromatic carbocycles. The molecule has 0 atom stereocenters. The van der Waals surface area contributed by atoms with Gasteiger partial charge in [0.25, 0.3) is 5.91 Å². The standard InChI is InChI=1S/C11H18N2O.ClH/c1-2-3-6-9-12-10(14)11(13-9)7-4-5-8-11;/h2-8H2,1H3,(H,12,13,14);1H. The molecule has 0 aromatic rings. The molecule has 15 heavy (non-hydrogen) atoms. The van der Waals surface area contributed by atoms with Gasteiger partial charge in [-0.25, -0.2) is 0 Å². The maximum absolute atomic E-state index is 11.7. The number of rotatable bonds is 3. The van der Waals surface area contributed by atoms with Crippen molar-refractivity contribution in [3.05, 3.63) is 0 Å². The normalized spacial score (nSPS) is 22.5. The zero-order chi connectivity index (χ0) is 10.0. The molecule has 1 N–H and O–H groups in total. The highest BCUT2D eigenvalue weighted by Gasteiger charge is 2.45. The number of nitrogens with zero attached hydrogens (tertiary/aromatic N) is 1. The number of aliphatic imine (C=N–C) groups is 1. The molecule has 0 bridgehead atoms. The third kappa shape index (κ3) is 2.33. The van der Waals surface area contributed by atoms with Gasteiger partial charge in [-0.15, -0.1) is 12.4 Å². The minimum absolute atomic E-state index is 0. The van der Waals surface area contributed by atoms with Crippen molar-refractivity contribution in [3.63, 3.8) is 0 Å². The summed E-state index contributed by atoms with van der Waals surface area (Å²) in [6.07, 6.45) is 7.49. The van der Waals surface area contributed by atoms with Crippen LogP contribution in [0.2, 0.25) is 0 Å². The van der Waals surface area contributed by atoms with E-state index in [4.69, 9.17) is 0 Å². The van der Waals surface area contributed by atoms with Gasteiger partial charge in [0.05, 0.1) is 0 Å². The number of nitrogens with one attached hydrogen (secondary N) is 1. The van der Waals surface area contributed by atoms with E-state index in [-0.39, 0.29) is 23.9 Å². The molecular formula is C11H19ClN2O. The minimum atomic E-state index is -0.275. The molecule has 1 spiro atoms. The van der Waals surface area contributed by atoms with Crippen LogP contribution in [0.4, 0.5) is 0 Å². The van der Waals surface area contributed by atoms with Crippen molar-refractivity contribution in [1.82, 2.24) is 5.32 Å². The summed E-state index contributed by atoms with van der Waals surface area (Å²) in [4.78, 5) is 15.8. The number of carbonyl (C=O) groups excluding carboxylic acids is 1. The molecule has 1 fully saturated rings. The van der Waals surface area contributed by atoms with Gasteiger partial charge in [-0.2, -0.15) is 4.99 Å². The summed E-state index contributed by atoms with van der Waals surface area (Å²) in [5, 5.41) is 3.35. The van der Waals surface area contributed by atoms with E-state index in [1.54, 1.807) is 0 Å². The Labute approximate surface area is 97.1 Å². The lowest BCUT2D eigenvalue weighted by Crippen LogP contribution is -2.45. The van der Waals surface area contributed by atoms with Crippen LogP contribution in [-0.2, 0) is 4.79 Å². The summed E-state index contributed by atoms with van der Waals surface area (Å²) in [7, 11) is 0. The van der Waals surface area contributed by atoms with Crippen molar-refractivity contribution >= 4 is 24.1 Å². The molecule has 1 heterocycles. The van der Waals surface area contributed by atoms with E-state index < -0.39 is 0 Å². The van der Waals surface area contributed by atoms with Crippen molar-refractivity contribution in [3.8, 4) is 0 Å². The molecule has 2 aliphatic rings. The molecular weight excluding hydrogens is 212 g/mol. The summed E-state index contributed by atoms with van der Waals surface area (Å²) in [5.41, 5.74) is -0.275. The second-order valence-electron chi connectivity index (χ2n) is 4.38. The molecule has 1 aliphatic heterocycles. The average molecular weight is 231 g/mol. The minimum Gasteiger partial charge on any atom is -0.359 e. The highest BCUT2D eigenvalue weighted by atomic mass is 35.5. The smallest absolute Gasteiger partial charge is 0.273 e. The summed E-state index contributed by atoms with van der Waals surface area (Å²) in [5.74, 6) is 1.01. The second-order valence-corrected chi connectivity index (χ2v) is 4.38. The first kappa shape index (κ1) is 12.5. The summed E-state index contributed by atoms with van der Waals surface area (Å²) >= 11 is 0. The molecule has 4 heteroatoms. The van der Waals surface area contributed by atoms with Gasteiger partial charge in [-0.05, 0) is 19.3 Å². The fraction of sp³-hybridized carbons (Fsp3) is 0.818.